The van der Waals surface area contributed by atoms with Gasteiger partial charge in [-0.05, 0) is 43.4 Å². The fourth-order valence-corrected chi connectivity index (χ4v) is 4.96. The van der Waals surface area contributed by atoms with E-state index in [-0.39, 0.29) is 0 Å². The second kappa shape index (κ2) is 6.61. The van der Waals surface area contributed by atoms with Gasteiger partial charge in [0.1, 0.15) is 5.84 Å². The van der Waals surface area contributed by atoms with Gasteiger partial charge in [0.25, 0.3) is 10.0 Å². The zero-order chi connectivity index (χ0) is 16.4. The van der Waals surface area contributed by atoms with Crippen molar-refractivity contribution in [2.24, 2.45) is 16.8 Å². The summed E-state index contributed by atoms with van der Waals surface area (Å²) in [5.74, 6) is 2.01. The standard InChI is InChI=1S/C17H25N3O2S/c1-13-10-14(2)12-20(11-13)9-5-8-18-17-15-6-3-4-7-16(15)23(21,22)19-17/h3-4,6-7,13-14H,5,8-12H2,1-2H3,(H,18,19)/t13-,14-/m1/s1. The number of amidine groups is 1. The Kier molecular flexibility index (Phi) is 4.73. The maximum atomic E-state index is 12.0. The average Bonchev–Trinajstić information content (AvgIpc) is 2.75. The lowest BCUT2D eigenvalue weighted by Crippen LogP contribution is -2.39. The van der Waals surface area contributed by atoms with Crippen LogP contribution in [0.4, 0.5) is 0 Å². The van der Waals surface area contributed by atoms with E-state index in [1.165, 1.54) is 6.42 Å². The Balaban J connectivity index is 1.57. The molecule has 6 heteroatoms. The molecular formula is C17H25N3O2S. The molecule has 2 heterocycles. The fourth-order valence-electron chi connectivity index (χ4n) is 3.71. The van der Waals surface area contributed by atoms with E-state index in [2.05, 4.69) is 28.5 Å². The first-order valence-electron chi connectivity index (χ1n) is 8.35. The number of hydrogen-bond donors (Lipinski definition) is 1. The highest BCUT2D eigenvalue weighted by Gasteiger charge is 2.29. The SMILES string of the molecule is C[C@@H]1C[C@@H](C)CN(CCCN=C2NS(=O)(=O)c3ccccc32)C1. The maximum absolute atomic E-state index is 12.0. The predicted molar refractivity (Wildman–Crippen MR) is 92.2 cm³/mol. The van der Waals surface area contributed by atoms with Crippen molar-refractivity contribution in [1.82, 2.24) is 9.62 Å². The van der Waals surface area contributed by atoms with Gasteiger partial charge in [-0.25, -0.2) is 8.42 Å². The first kappa shape index (κ1) is 16.5. The minimum Gasteiger partial charge on any atom is -0.303 e. The summed E-state index contributed by atoms with van der Waals surface area (Å²) >= 11 is 0. The molecule has 126 valence electrons. The Morgan fingerprint density at radius 2 is 1.91 bits per heavy atom. The largest absolute Gasteiger partial charge is 0.303 e. The molecule has 0 aliphatic carbocycles. The van der Waals surface area contributed by atoms with E-state index in [1.807, 2.05) is 6.07 Å². The van der Waals surface area contributed by atoms with E-state index in [0.717, 1.165) is 37.9 Å². The number of sulfonamides is 1. The number of fused-ring (bicyclic) bond motifs is 1. The van der Waals surface area contributed by atoms with Crippen LogP contribution in [0, 0.1) is 11.8 Å². The van der Waals surface area contributed by atoms with Gasteiger partial charge in [-0.1, -0.05) is 26.0 Å². The molecule has 2 atom stereocenters. The maximum Gasteiger partial charge on any atom is 0.263 e. The van der Waals surface area contributed by atoms with Crippen LogP contribution in [0.2, 0.25) is 0 Å². The number of piperidine rings is 1. The fraction of sp³-hybridized carbons (Fsp3) is 0.588. The minimum atomic E-state index is -3.42. The third kappa shape index (κ3) is 3.75. The summed E-state index contributed by atoms with van der Waals surface area (Å²) in [4.78, 5) is 7.32. The zero-order valence-electron chi connectivity index (χ0n) is 13.8. The second-order valence-electron chi connectivity index (χ2n) is 6.89. The van der Waals surface area contributed by atoms with E-state index in [0.29, 0.717) is 22.8 Å². The predicted octanol–water partition coefficient (Wildman–Crippen LogP) is 2.09. The molecule has 0 saturated carbocycles. The lowest BCUT2D eigenvalue weighted by atomic mass is 9.92. The molecule has 0 unspecified atom stereocenters. The highest BCUT2D eigenvalue weighted by Crippen LogP contribution is 2.23. The molecule has 1 N–H and O–H groups in total. The Labute approximate surface area is 138 Å². The van der Waals surface area contributed by atoms with Crippen LogP contribution in [0.25, 0.3) is 0 Å². The van der Waals surface area contributed by atoms with Crippen molar-refractivity contribution in [3.8, 4) is 0 Å². The van der Waals surface area contributed by atoms with Gasteiger partial charge in [-0.2, -0.15) is 0 Å². The van der Waals surface area contributed by atoms with Crippen LogP contribution in [-0.4, -0.2) is 45.3 Å². The average molecular weight is 335 g/mol. The van der Waals surface area contributed by atoms with Gasteiger partial charge in [-0.15, -0.1) is 0 Å². The molecule has 3 rings (SSSR count). The molecule has 0 bridgehead atoms. The number of hydrogen-bond acceptors (Lipinski definition) is 4. The van der Waals surface area contributed by atoms with Crippen molar-refractivity contribution in [1.29, 1.82) is 0 Å². The number of rotatable bonds is 4. The van der Waals surface area contributed by atoms with Crippen molar-refractivity contribution in [2.75, 3.05) is 26.2 Å². The molecule has 1 fully saturated rings. The number of aliphatic imine (C=N–C) groups is 1. The van der Waals surface area contributed by atoms with E-state index in [4.69, 9.17) is 0 Å². The van der Waals surface area contributed by atoms with E-state index in [1.54, 1.807) is 18.2 Å². The molecule has 1 aromatic rings. The summed E-state index contributed by atoms with van der Waals surface area (Å²) in [6.07, 6.45) is 2.27. The Bertz CT molecular complexity index is 690. The Morgan fingerprint density at radius 1 is 1.22 bits per heavy atom. The Morgan fingerprint density at radius 3 is 2.65 bits per heavy atom. The van der Waals surface area contributed by atoms with Crippen LogP contribution in [-0.2, 0) is 10.0 Å². The van der Waals surface area contributed by atoms with Gasteiger partial charge in [0.05, 0.1) is 4.90 Å². The monoisotopic (exact) mass is 335 g/mol. The number of nitrogens with zero attached hydrogens (tertiary/aromatic N) is 2. The molecule has 0 spiro atoms. The van der Waals surface area contributed by atoms with Crippen molar-refractivity contribution < 1.29 is 8.42 Å². The quantitative estimate of drug-likeness (QED) is 0.857. The molecule has 2 aliphatic rings. The molecule has 5 nitrogen and oxygen atoms in total. The summed E-state index contributed by atoms with van der Waals surface area (Å²) in [6.45, 7) is 8.62. The summed E-state index contributed by atoms with van der Waals surface area (Å²) < 4.78 is 26.6. The number of nitrogens with one attached hydrogen (secondary N) is 1. The van der Waals surface area contributed by atoms with Crippen LogP contribution < -0.4 is 4.72 Å². The summed E-state index contributed by atoms with van der Waals surface area (Å²) in [5.41, 5.74) is 0.688. The van der Waals surface area contributed by atoms with Crippen LogP contribution in [0.5, 0.6) is 0 Å². The van der Waals surface area contributed by atoms with Crippen molar-refractivity contribution in [3.05, 3.63) is 29.8 Å². The Hall–Kier alpha value is -1.40. The van der Waals surface area contributed by atoms with Gasteiger partial charge in [0.15, 0.2) is 0 Å². The normalized spacial score (nSPS) is 28.5. The molecule has 1 saturated heterocycles. The van der Waals surface area contributed by atoms with Crippen LogP contribution in [0.1, 0.15) is 32.3 Å². The van der Waals surface area contributed by atoms with E-state index in [9.17, 15) is 8.42 Å². The van der Waals surface area contributed by atoms with Crippen LogP contribution in [0.3, 0.4) is 0 Å². The minimum absolute atomic E-state index is 0.331. The van der Waals surface area contributed by atoms with E-state index >= 15 is 0 Å². The first-order valence-corrected chi connectivity index (χ1v) is 9.83. The second-order valence-corrected chi connectivity index (χ2v) is 8.54. The molecule has 0 radical (unpaired) electrons. The topological polar surface area (TPSA) is 61.8 Å². The third-order valence-corrected chi connectivity index (χ3v) is 5.91. The van der Waals surface area contributed by atoms with Crippen molar-refractivity contribution in [3.63, 3.8) is 0 Å². The van der Waals surface area contributed by atoms with Gasteiger partial charge < -0.3 is 4.90 Å². The number of likely N-dealkylation sites (tertiary alicyclic amines) is 1. The van der Waals surface area contributed by atoms with Crippen LogP contribution >= 0.6 is 0 Å². The van der Waals surface area contributed by atoms with Crippen molar-refractivity contribution >= 4 is 15.9 Å². The summed E-state index contributed by atoms with van der Waals surface area (Å²) in [7, 11) is -3.42. The zero-order valence-corrected chi connectivity index (χ0v) is 14.6. The molecule has 1 aromatic carbocycles. The molecular weight excluding hydrogens is 310 g/mol. The molecule has 0 aromatic heterocycles. The third-order valence-electron chi connectivity index (χ3n) is 4.51. The van der Waals surface area contributed by atoms with Gasteiger partial charge in [-0.3, -0.25) is 9.71 Å². The lowest BCUT2D eigenvalue weighted by Gasteiger charge is -2.34. The van der Waals surface area contributed by atoms with Gasteiger partial charge in [0.2, 0.25) is 0 Å². The number of benzene rings is 1. The molecule has 23 heavy (non-hydrogen) atoms. The van der Waals surface area contributed by atoms with E-state index < -0.39 is 10.0 Å². The highest BCUT2D eigenvalue weighted by molar-refractivity contribution is 7.90. The van der Waals surface area contributed by atoms with Crippen LogP contribution in [0.15, 0.2) is 34.2 Å². The van der Waals surface area contributed by atoms with Crippen molar-refractivity contribution in [2.45, 2.75) is 31.6 Å². The lowest BCUT2D eigenvalue weighted by molar-refractivity contribution is 0.140. The first-order chi connectivity index (χ1) is 11.0. The van der Waals surface area contributed by atoms with Gasteiger partial charge >= 0.3 is 0 Å². The summed E-state index contributed by atoms with van der Waals surface area (Å²) in [6, 6.07) is 7.00. The smallest absolute Gasteiger partial charge is 0.263 e. The van der Waals surface area contributed by atoms with Gasteiger partial charge in [0, 0.05) is 25.2 Å². The highest BCUT2D eigenvalue weighted by atomic mass is 32.2. The molecule has 0 amide bonds. The summed E-state index contributed by atoms with van der Waals surface area (Å²) in [5, 5.41) is 0. The molecule has 2 aliphatic heterocycles.